The zero-order valence-electron chi connectivity index (χ0n) is 16.1. The lowest BCUT2D eigenvalue weighted by molar-refractivity contribution is -0.131. The van der Waals surface area contributed by atoms with E-state index in [1.54, 1.807) is 48.5 Å². The number of furan rings is 1. The number of benzene rings is 2. The molecule has 8 nitrogen and oxygen atoms in total. The first-order valence-electron chi connectivity index (χ1n) is 9.05. The summed E-state index contributed by atoms with van der Waals surface area (Å²) in [5, 5.41) is 27.0. The zero-order chi connectivity index (χ0) is 22.7. The molecule has 10 heteroatoms. The Balaban J connectivity index is 1.53. The Morgan fingerprint density at radius 2 is 1.56 bits per heavy atom. The highest BCUT2D eigenvalue weighted by atomic mass is 35.5. The Labute approximate surface area is 190 Å². The summed E-state index contributed by atoms with van der Waals surface area (Å²) in [5.41, 5.74) is 1.46. The van der Waals surface area contributed by atoms with Crippen molar-refractivity contribution in [3.05, 3.63) is 81.9 Å². The van der Waals surface area contributed by atoms with Gasteiger partial charge in [0.05, 0.1) is 5.56 Å². The van der Waals surface area contributed by atoms with Gasteiger partial charge in [-0.2, -0.15) is 0 Å². The van der Waals surface area contributed by atoms with Crippen LogP contribution in [0.15, 0.2) is 79.6 Å². The maximum Gasteiger partial charge on any atom is 0.342 e. The van der Waals surface area contributed by atoms with Crippen molar-refractivity contribution < 1.29 is 28.6 Å². The predicted octanol–water partition coefficient (Wildman–Crippen LogP) is 5.57. The molecule has 2 N–H and O–H groups in total. The van der Waals surface area contributed by atoms with Crippen LogP contribution in [0.25, 0.3) is 28.9 Å². The van der Waals surface area contributed by atoms with Gasteiger partial charge in [-0.15, -0.1) is 10.2 Å². The van der Waals surface area contributed by atoms with Crippen molar-refractivity contribution in [2.45, 2.75) is 5.22 Å². The summed E-state index contributed by atoms with van der Waals surface area (Å²) in [7, 11) is 0. The van der Waals surface area contributed by atoms with Gasteiger partial charge in [0.2, 0.25) is 5.89 Å². The highest BCUT2D eigenvalue weighted by Crippen LogP contribution is 2.31. The van der Waals surface area contributed by atoms with Gasteiger partial charge in [0.1, 0.15) is 16.4 Å². The number of carboxylic acids is 2. The largest absolute Gasteiger partial charge is 0.478 e. The molecule has 2 aromatic heterocycles. The van der Waals surface area contributed by atoms with E-state index >= 15 is 0 Å². The molecule has 0 saturated heterocycles. The first kappa shape index (κ1) is 21.4. The van der Waals surface area contributed by atoms with Gasteiger partial charge in [-0.3, -0.25) is 0 Å². The second-order valence-corrected chi connectivity index (χ2v) is 7.81. The number of nitrogens with zero attached hydrogens (tertiary/aromatic N) is 2. The third kappa shape index (κ3) is 4.90. The Morgan fingerprint density at radius 1 is 0.875 bits per heavy atom. The maximum atomic E-state index is 11.7. The van der Waals surface area contributed by atoms with E-state index in [1.165, 1.54) is 18.2 Å². The number of aromatic carboxylic acids is 1. The summed E-state index contributed by atoms with van der Waals surface area (Å²) in [6.45, 7) is 0. The number of thioether (sulfide) groups is 1. The van der Waals surface area contributed by atoms with Crippen molar-refractivity contribution in [3.63, 3.8) is 0 Å². The lowest BCUT2D eigenvalue weighted by Crippen LogP contribution is -1.96. The van der Waals surface area contributed by atoms with Crippen LogP contribution in [0.5, 0.6) is 0 Å². The van der Waals surface area contributed by atoms with Gasteiger partial charge in [0.25, 0.3) is 5.22 Å². The molecule has 0 bridgehead atoms. The number of aliphatic carboxylic acids is 1. The van der Waals surface area contributed by atoms with Gasteiger partial charge in [0, 0.05) is 22.2 Å². The van der Waals surface area contributed by atoms with E-state index in [2.05, 4.69) is 10.2 Å². The molecule has 0 saturated carbocycles. The fourth-order valence-corrected chi connectivity index (χ4v) is 3.46. The Hall–Kier alpha value is -3.82. The number of hydrogen-bond acceptors (Lipinski definition) is 7. The van der Waals surface area contributed by atoms with Gasteiger partial charge in [0.15, 0.2) is 0 Å². The Morgan fingerprint density at radius 3 is 2.22 bits per heavy atom. The van der Waals surface area contributed by atoms with Gasteiger partial charge in [-0.05, 0) is 60.3 Å². The normalized spacial score (nSPS) is 11.5. The molecule has 0 aliphatic heterocycles. The minimum absolute atomic E-state index is 0.0552. The van der Waals surface area contributed by atoms with Crippen LogP contribution in [0, 0.1) is 0 Å². The first-order valence-corrected chi connectivity index (χ1v) is 10.2. The average molecular weight is 469 g/mol. The van der Waals surface area contributed by atoms with Crippen molar-refractivity contribution in [1.82, 2.24) is 10.2 Å². The van der Waals surface area contributed by atoms with Gasteiger partial charge in [-0.25, -0.2) is 9.59 Å². The molecule has 0 fully saturated rings. The van der Waals surface area contributed by atoms with Crippen LogP contribution in [0.4, 0.5) is 0 Å². The fraction of sp³-hybridized carbons (Fsp3) is 0. The molecule has 0 aliphatic carbocycles. The van der Waals surface area contributed by atoms with E-state index in [0.717, 1.165) is 11.8 Å². The molecule has 0 amide bonds. The van der Waals surface area contributed by atoms with Gasteiger partial charge < -0.3 is 19.0 Å². The Bertz CT molecular complexity index is 1310. The van der Waals surface area contributed by atoms with E-state index in [-0.39, 0.29) is 21.6 Å². The number of halogens is 1. The molecule has 4 rings (SSSR count). The Kier molecular flexibility index (Phi) is 6.11. The highest BCUT2D eigenvalue weighted by Gasteiger charge is 2.17. The van der Waals surface area contributed by atoms with Crippen LogP contribution in [-0.4, -0.2) is 32.3 Å². The molecule has 4 aromatic rings. The summed E-state index contributed by atoms with van der Waals surface area (Å²) in [5.74, 6) is -1.22. The summed E-state index contributed by atoms with van der Waals surface area (Å²) in [4.78, 5) is 22.6. The fourth-order valence-electron chi connectivity index (χ4n) is 2.68. The molecule has 0 unspecified atom stereocenters. The first-order chi connectivity index (χ1) is 15.4. The lowest BCUT2D eigenvalue weighted by Gasteiger charge is -1.99. The molecule has 0 radical (unpaired) electrons. The van der Waals surface area contributed by atoms with E-state index in [0.29, 0.717) is 27.7 Å². The summed E-state index contributed by atoms with van der Waals surface area (Å²) >= 11 is 6.66. The number of carboxylic acid groups (broad SMARTS) is 2. The molecule has 0 atom stereocenters. The van der Waals surface area contributed by atoms with E-state index in [4.69, 9.17) is 25.5 Å². The highest BCUT2D eigenvalue weighted by molar-refractivity contribution is 8.03. The van der Waals surface area contributed by atoms with Crippen molar-refractivity contribution in [3.8, 4) is 22.8 Å². The quantitative estimate of drug-likeness (QED) is 0.264. The number of aromatic nitrogens is 2. The molecule has 2 aromatic carbocycles. The number of hydrogen-bond donors (Lipinski definition) is 2. The molecule has 32 heavy (non-hydrogen) atoms. The summed E-state index contributed by atoms with van der Waals surface area (Å²) in [6.07, 6.45) is 1.34. The standard InChI is InChI=1S/C22H13ClN2O6S/c23-15-7-5-13(6-8-15)19-24-25-22(31-19)32-18(21(28)29)11-16-9-10-17(30-16)12-1-3-14(4-2-12)20(26)27/h1-11H,(H,26,27)(H,28,29)/b18-11-. The maximum absolute atomic E-state index is 11.7. The van der Waals surface area contributed by atoms with Crippen molar-refractivity contribution in [1.29, 1.82) is 0 Å². The van der Waals surface area contributed by atoms with Crippen molar-refractivity contribution >= 4 is 41.4 Å². The third-order valence-electron chi connectivity index (χ3n) is 4.22. The third-order valence-corrected chi connectivity index (χ3v) is 5.33. The van der Waals surface area contributed by atoms with E-state index in [9.17, 15) is 14.7 Å². The SMILES string of the molecule is O=C(O)/C(=C/c1ccc(-c2ccc(C(=O)O)cc2)o1)Sc1nnc(-c2ccc(Cl)cc2)o1. The zero-order valence-corrected chi connectivity index (χ0v) is 17.6. The van der Waals surface area contributed by atoms with Crippen LogP contribution in [0.1, 0.15) is 16.1 Å². The van der Waals surface area contributed by atoms with Crippen molar-refractivity contribution in [2.24, 2.45) is 0 Å². The minimum Gasteiger partial charge on any atom is -0.478 e. The molecule has 0 aliphatic rings. The van der Waals surface area contributed by atoms with E-state index < -0.39 is 11.9 Å². The molecular formula is C22H13ClN2O6S. The molecule has 0 spiro atoms. The average Bonchev–Trinajstić information content (AvgIpc) is 3.44. The van der Waals surface area contributed by atoms with Crippen LogP contribution in [-0.2, 0) is 4.79 Å². The minimum atomic E-state index is -1.19. The monoisotopic (exact) mass is 468 g/mol. The molecule has 2 heterocycles. The lowest BCUT2D eigenvalue weighted by atomic mass is 10.1. The molecular weight excluding hydrogens is 456 g/mol. The summed E-state index contributed by atoms with van der Waals surface area (Å²) in [6, 6.07) is 16.2. The predicted molar refractivity (Wildman–Crippen MR) is 117 cm³/mol. The summed E-state index contributed by atoms with van der Waals surface area (Å²) < 4.78 is 11.2. The molecule has 160 valence electrons. The van der Waals surface area contributed by atoms with Crippen LogP contribution >= 0.6 is 23.4 Å². The smallest absolute Gasteiger partial charge is 0.342 e. The topological polar surface area (TPSA) is 127 Å². The van der Waals surface area contributed by atoms with Gasteiger partial charge in [-0.1, -0.05) is 23.7 Å². The van der Waals surface area contributed by atoms with Crippen molar-refractivity contribution in [2.75, 3.05) is 0 Å². The van der Waals surface area contributed by atoms with Crippen LogP contribution in [0.2, 0.25) is 5.02 Å². The second-order valence-electron chi connectivity index (χ2n) is 6.38. The van der Waals surface area contributed by atoms with Gasteiger partial charge >= 0.3 is 11.9 Å². The number of rotatable bonds is 7. The van der Waals surface area contributed by atoms with E-state index in [1.807, 2.05) is 0 Å². The second kappa shape index (κ2) is 9.13. The van der Waals surface area contributed by atoms with Crippen LogP contribution in [0.3, 0.4) is 0 Å². The van der Waals surface area contributed by atoms with Crippen LogP contribution < -0.4 is 0 Å². The number of carbonyl (C=O) groups is 2.